The summed E-state index contributed by atoms with van der Waals surface area (Å²) >= 11 is 0. The highest BCUT2D eigenvalue weighted by Crippen LogP contribution is 2.29. The zero-order chi connectivity index (χ0) is 21.7. The molecule has 6 heteroatoms. The summed E-state index contributed by atoms with van der Waals surface area (Å²) in [5.74, 6) is 13.6. The predicted octanol–water partition coefficient (Wildman–Crippen LogP) is 3.48. The quantitative estimate of drug-likeness (QED) is 0.412. The molecule has 0 bridgehead atoms. The molecule has 0 atom stereocenters. The topological polar surface area (TPSA) is 101 Å². The number of aryl methyl sites for hydroxylation is 1. The Bertz CT molecular complexity index is 1070. The number of aromatic nitrogens is 1. The number of hydrogen-bond acceptors (Lipinski definition) is 5. The number of aliphatic hydroxyl groups is 1. The van der Waals surface area contributed by atoms with Crippen molar-refractivity contribution in [1.82, 2.24) is 4.98 Å². The molecule has 0 radical (unpaired) electrons. The van der Waals surface area contributed by atoms with Crippen LogP contribution in [0.25, 0.3) is 0 Å². The number of nitrogens with two attached hydrogens (primary N) is 1. The summed E-state index contributed by atoms with van der Waals surface area (Å²) in [7, 11) is 0. The van der Waals surface area contributed by atoms with Gasteiger partial charge in [0.1, 0.15) is 18.0 Å². The molecule has 3 rings (SSSR count). The fourth-order valence-corrected chi connectivity index (χ4v) is 2.50. The molecule has 1 saturated carbocycles. The van der Waals surface area contributed by atoms with Crippen LogP contribution in [-0.4, -0.2) is 21.7 Å². The van der Waals surface area contributed by atoms with Crippen molar-refractivity contribution in [1.29, 1.82) is 5.41 Å². The Morgan fingerprint density at radius 1 is 1.27 bits per heavy atom. The molecule has 1 heterocycles. The minimum atomic E-state index is -1.07. The van der Waals surface area contributed by atoms with Crippen molar-refractivity contribution in [3.05, 3.63) is 52.7 Å². The van der Waals surface area contributed by atoms with E-state index in [9.17, 15) is 5.11 Å². The molecule has 0 amide bonds. The van der Waals surface area contributed by atoms with E-state index in [0.29, 0.717) is 23.1 Å². The number of amidine groups is 1. The molecule has 30 heavy (non-hydrogen) atoms. The Kier molecular flexibility index (Phi) is 6.30. The van der Waals surface area contributed by atoms with Crippen molar-refractivity contribution < 1.29 is 14.6 Å². The van der Waals surface area contributed by atoms with Gasteiger partial charge in [-0.2, -0.15) is 0 Å². The third-order valence-electron chi connectivity index (χ3n) is 4.19. The molecule has 0 saturated heterocycles. The van der Waals surface area contributed by atoms with E-state index >= 15 is 0 Å². The minimum absolute atomic E-state index is 0.0950. The molecule has 2 aromatic rings. The van der Waals surface area contributed by atoms with Crippen molar-refractivity contribution in [2.24, 2.45) is 11.7 Å². The van der Waals surface area contributed by atoms with E-state index in [4.69, 9.17) is 20.6 Å². The highest BCUT2D eigenvalue weighted by atomic mass is 16.5. The number of hydrogen-bond donors (Lipinski definition) is 3. The third kappa shape index (κ3) is 6.55. The van der Waals surface area contributed by atoms with Gasteiger partial charge in [0.25, 0.3) is 6.02 Å². The van der Waals surface area contributed by atoms with Crippen molar-refractivity contribution in [3.8, 4) is 35.3 Å². The third-order valence-corrected chi connectivity index (χ3v) is 4.19. The van der Waals surface area contributed by atoms with E-state index in [-0.39, 0.29) is 12.6 Å². The largest absolute Gasteiger partial charge is 0.461 e. The van der Waals surface area contributed by atoms with E-state index in [0.717, 1.165) is 29.5 Å². The van der Waals surface area contributed by atoms with Gasteiger partial charge in [-0.3, -0.25) is 5.41 Å². The lowest BCUT2D eigenvalue weighted by molar-refractivity contribution is 0.143. The van der Waals surface area contributed by atoms with E-state index in [1.54, 1.807) is 20.0 Å². The fourth-order valence-electron chi connectivity index (χ4n) is 2.50. The van der Waals surface area contributed by atoms with Crippen LogP contribution in [-0.2, 0) is 11.3 Å². The number of pyridine rings is 1. The average Bonchev–Trinajstić information content (AvgIpc) is 3.50. The summed E-state index contributed by atoms with van der Waals surface area (Å²) < 4.78 is 11.2. The first kappa shape index (κ1) is 21.2. The summed E-state index contributed by atoms with van der Waals surface area (Å²) in [4.78, 5) is 4.36. The summed E-state index contributed by atoms with van der Waals surface area (Å²) in [5, 5.41) is 17.1. The van der Waals surface area contributed by atoms with Gasteiger partial charge in [-0.05, 0) is 57.9 Å². The van der Waals surface area contributed by atoms with E-state index in [2.05, 4.69) is 28.7 Å². The SMILES string of the molecule is Cc1cc(C#CC(C)(C)O)cnc1Oc1ccc(C#CC2CC2)cc1COC(=N)N. The van der Waals surface area contributed by atoms with E-state index < -0.39 is 5.60 Å². The molecular formula is C24H25N3O3. The lowest BCUT2D eigenvalue weighted by atomic mass is 10.1. The maximum absolute atomic E-state index is 9.75. The van der Waals surface area contributed by atoms with Gasteiger partial charge < -0.3 is 20.3 Å². The van der Waals surface area contributed by atoms with Crippen LogP contribution in [0.5, 0.6) is 11.6 Å². The lowest BCUT2D eigenvalue weighted by Gasteiger charge is -2.13. The maximum atomic E-state index is 9.75. The van der Waals surface area contributed by atoms with Gasteiger partial charge >= 0.3 is 0 Å². The second-order valence-corrected chi connectivity index (χ2v) is 7.78. The van der Waals surface area contributed by atoms with E-state index in [1.807, 2.05) is 31.2 Å². The molecule has 1 aliphatic rings. The monoisotopic (exact) mass is 403 g/mol. The Hall–Kier alpha value is -3.48. The second-order valence-electron chi connectivity index (χ2n) is 7.78. The molecule has 4 N–H and O–H groups in total. The molecular weight excluding hydrogens is 378 g/mol. The van der Waals surface area contributed by atoms with Crippen LogP contribution in [0.15, 0.2) is 30.5 Å². The van der Waals surface area contributed by atoms with Crippen LogP contribution in [0.3, 0.4) is 0 Å². The molecule has 0 unspecified atom stereocenters. The van der Waals surface area contributed by atoms with Crippen molar-refractivity contribution in [3.63, 3.8) is 0 Å². The average molecular weight is 403 g/mol. The van der Waals surface area contributed by atoms with Crippen LogP contribution in [0.4, 0.5) is 0 Å². The molecule has 1 fully saturated rings. The Labute approximate surface area is 176 Å². The van der Waals surface area contributed by atoms with Crippen molar-refractivity contribution in [2.75, 3.05) is 0 Å². The highest BCUT2D eigenvalue weighted by Gasteiger charge is 2.18. The van der Waals surface area contributed by atoms with Crippen LogP contribution in [0.1, 0.15) is 48.9 Å². The molecule has 1 aromatic carbocycles. The molecule has 154 valence electrons. The fraction of sp³-hybridized carbons (Fsp3) is 0.333. The zero-order valence-corrected chi connectivity index (χ0v) is 17.4. The Morgan fingerprint density at radius 3 is 2.67 bits per heavy atom. The standard InChI is InChI=1S/C24H25N3O3/c1-16-12-19(10-11-24(2,3)28)14-27-22(16)30-21-9-8-18(7-6-17-4-5-17)13-20(21)15-29-23(25)26/h8-9,12-14,17,28H,4-5,15H2,1-3H3,(H3,25,26). The first-order valence-corrected chi connectivity index (χ1v) is 9.71. The summed E-state index contributed by atoms with van der Waals surface area (Å²) in [6.45, 7) is 5.22. The normalized spacial score (nSPS) is 12.8. The van der Waals surface area contributed by atoms with Crippen LogP contribution in [0.2, 0.25) is 0 Å². The van der Waals surface area contributed by atoms with Crippen LogP contribution in [0, 0.1) is 41.9 Å². The van der Waals surface area contributed by atoms with Crippen LogP contribution >= 0.6 is 0 Å². The number of nitrogens with one attached hydrogen (secondary N) is 1. The van der Waals surface area contributed by atoms with Crippen LogP contribution < -0.4 is 10.5 Å². The summed E-state index contributed by atoms with van der Waals surface area (Å²) in [5.41, 5.74) is 7.34. The number of ether oxygens (including phenoxy) is 2. The van der Waals surface area contributed by atoms with Gasteiger partial charge in [0.15, 0.2) is 0 Å². The number of nitrogens with zero attached hydrogens (tertiary/aromatic N) is 1. The zero-order valence-electron chi connectivity index (χ0n) is 17.4. The number of rotatable bonds is 4. The van der Waals surface area contributed by atoms with Gasteiger partial charge in [0, 0.05) is 34.4 Å². The molecule has 6 nitrogen and oxygen atoms in total. The number of benzene rings is 1. The van der Waals surface area contributed by atoms with Gasteiger partial charge in [0.2, 0.25) is 5.88 Å². The summed E-state index contributed by atoms with van der Waals surface area (Å²) in [6.07, 6.45) is 3.92. The molecule has 1 aliphatic carbocycles. The molecule has 0 spiro atoms. The molecule has 0 aliphatic heterocycles. The van der Waals surface area contributed by atoms with Gasteiger partial charge in [-0.15, -0.1) is 0 Å². The Morgan fingerprint density at radius 2 is 2.03 bits per heavy atom. The van der Waals surface area contributed by atoms with Crippen molar-refractivity contribution >= 4 is 6.02 Å². The van der Waals surface area contributed by atoms with E-state index in [1.165, 1.54) is 0 Å². The highest BCUT2D eigenvalue weighted by molar-refractivity contribution is 5.67. The second kappa shape index (κ2) is 8.90. The van der Waals surface area contributed by atoms with Gasteiger partial charge in [-0.25, -0.2) is 4.98 Å². The molecule has 1 aromatic heterocycles. The Balaban J connectivity index is 1.84. The van der Waals surface area contributed by atoms with Crippen molar-refractivity contribution in [2.45, 2.75) is 45.8 Å². The van der Waals surface area contributed by atoms with Gasteiger partial charge in [-0.1, -0.05) is 23.7 Å². The first-order valence-electron chi connectivity index (χ1n) is 9.71. The smallest absolute Gasteiger partial charge is 0.279 e. The first-order chi connectivity index (χ1) is 14.2. The van der Waals surface area contributed by atoms with Gasteiger partial charge in [0.05, 0.1) is 0 Å². The predicted molar refractivity (Wildman–Crippen MR) is 115 cm³/mol. The lowest BCUT2D eigenvalue weighted by Crippen LogP contribution is -2.14. The maximum Gasteiger partial charge on any atom is 0.279 e. The summed E-state index contributed by atoms with van der Waals surface area (Å²) in [6, 6.07) is 7.08. The minimum Gasteiger partial charge on any atom is -0.461 e.